The molecular formula is C56H60N4O10S3. The second kappa shape index (κ2) is 21.8. The molecule has 0 spiro atoms. The highest BCUT2D eigenvalue weighted by Crippen LogP contribution is 2.43. The van der Waals surface area contributed by atoms with Gasteiger partial charge in [0, 0.05) is 70.7 Å². The van der Waals surface area contributed by atoms with Crippen LogP contribution in [0.15, 0.2) is 96.0 Å². The molecule has 73 heavy (non-hydrogen) atoms. The number of nitrogens with one attached hydrogen (secondary N) is 1. The van der Waals surface area contributed by atoms with Gasteiger partial charge in [-0.15, -0.1) is 0 Å². The number of benzene rings is 5. The van der Waals surface area contributed by atoms with Gasteiger partial charge in [-0.2, -0.15) is 8.42 Å². The van der Waals surface area contributed by atoms with Crippen LogP contribution in [-0.4, -0.2) is 80.2 Å². The maximum atomic E-state index is 14.2. The number of Topliss-reactive ketones (excluding diaryl/α,β-unsaturated/α-hetero) is 1. The number of carbonyl (C=O) groups excluding carboxylic acids is 4. The number of amides is 3. The summed E-state index contributed by atoms with van der Waals surface area (Å²) in [6.45, 7) is 7.82. The lowest BCUT2D eigenvalue weighted by molar-refractivity contribution is -0.119. The summed E-state index contributed by atoms with van der Waals surface area (Å²) in [4.78, 5) is 62.8. The molecule has 0 bridgehead atoms. The Balaban J connectivity index is 0.965. The molecule has 5 aromatic rings. The first-order valence-corrected chi connectivity index (χ1v) is 28.4. The van der Waals surface area contributed by atoms with E-state index in [0.717, 1.165) is 53.6 Å². The molecule has 9 rings (SSSR count). The van der Waals surface area contributed by atoms with Crippen LogP contribution in [-0.2, 0) is 56.4 Å². The monoisotopic (exact) mass is 1040 g/mol. The second-order valence-electron chi connectivity index (χ2n) is 19.4. The van der Waals surface area contributed by atoms with Crippen molar-refractivity contribution in [3.8, 4) is 17.2 Å². The van der Waals surface area contributed by atoms with Gasteiger partial charge in [-0.3, -0.25) is 33.3 Å². The lowest BCUT2D eigenvalue weighted by Gasteiger charge is -2.23. The van der Waals surface area contributed by atoms with Crippen molar-refractivity contribution in [2.45, 2.75) is 114 Å². The molecule has 4 aliphatic rings. The number of nitrogens with zero attached hydrogens (tertiary/aromatic N) is 3. The van der Waals surface area contributed by atoms with Gasteiger partial charge in [0.05, 0.1) is 31.5 Å². The van der Waals surface area contributed by atoms with Gasteiger partial charge in [-0.25, -0.2) is 0 Å². The number of hydrogen-bond donors (Lipinski definition) is 1. The molecule has 3 atom stereocenters. The number of hydrogen-bond acceptors (Lipinski definition) is 13. The van der Waals surface area contributed by atoms with Crippen molar-refractivity contribution in [3.05, 3.63) is 136 Å². The van der Waals surface area contributed by atoms with Crippen LogP contribution in [0.1, 0.15) is 107 Å². The van der Waals surface area contributed by atoms with E-state index in [1.807, 2.05) is 93.4 Å². The fraction of sp³-hybridized carbons (Fsp3) is 0.375. The molecule has 14 nitrogen and oxygen atoms in total. The van der Waals surface area contributed by atoms with E-state index in [1.165, 1.54) is 17.9 Å². The number of aryl methyl sites for hydroxylation is 2. The van der Waals surface area contributed by atoms with Gasteiger partial charge < -0.3 is 24.4 Å². The van der Waals surface area contributed by atoms with E-state index in [-0.39, 0.29) is 54.1 Å². The zero-order valence-corrected chi connectivity index (χ0v) is 44.3. The van der Waals surface area contributed by atoms with Crippen molar-refractivity contribution in [2.24, 2.45) is 4.99 Å². The SMILES string of the molecule is CCC(=O)CCC(C)(C)SSCCC(C(=O)Nc1cc(COc2cc3c(cc2C)C(=O)N2c4ccccc4C[C@H]2C=N3)cc(COc2cc3c(cc2OC)C(=O)N2c4ccccc4C[C@H]2CC3)c1)S(=O)(=O)OC. The maximum absolute atomic E-state index is 14.2. The first-order chi connectivity index (χ1) is 35.1. The quantitative estimate of drug-likeness (QED) is 0.0445. The Morgan fingerprint density at radius 2 is 1.49 bits per heavy atom. The summed E-state index contributed by atoms with van der Waals surface area (Å²) in [6, 6.07) is 28.2. The predicted octanol–water partition coefficient (Wildman–Crippen LogP) is 10.6. The number of carbonyl (C=O) groups is 4. The van der Waals surface area contributed by atoms with Crippen LogP contribution in [0.5, 0.6) is 17.2 Å². The minimum atomic E-state index is -4.32. The number of anilines is 3. The number of rotatable bonds is 20. The third-order valence-electron chi connectivity index (χ3n) is 13.9. The number of fused-ring (bicyclic) bond motifs is 8. The summed E-state index contributed by atoms with van der Waals surface area (Å²) >= 11 is 0. The highest BCUT2D eigenvalue weighted by Gasteiger charge is 2.39. The van der Waals surface area contributed by atoms with E-state index >= 15 is 0 Å². The molecule has 0 aliphatic carbocycles. The van der Waals surface area contributed by atoms with Crippen molar-refractivity contribution in [1.29, 1.82) is 0 Å². The molecule has 4 aliphatic heterocycles. The van der Waals surface area contributed by atoms with E-state index in [4.69, 9.17) is 23.4 Å². The molecule has 4 heterocycles. The smallest absolute Gasteiger partial charge is 0.279 e. The van der Waals surface area contributed by atoms with Gasteiger partial charge >= 0.3 is 0 Å². The van der Waals surface area contributed by atoms with E-state index in [2.05, 4.69) is 11.4 Å². The van der Waals surface area contributed by atoms with Crippen molar-refractivity contribution < 1.29 is 46.0 Å². The Morgan fingerprint density at radius 1 is 0.822 bits per heavy atom. The predicted molar refractivity (Wildman–Crippen MR) is 289 cm³/mol. The first-order valence-electron chi connectivity index (χ1n) is 24.6. The van der Waals surface area contributed by atoms with Gasteiger partial charge in [-0.1, -0.05) is 64.9 Å². The Bertz CT molecular complexity index is 3120. The average molecular weight is 1050 g/mol. The zero-order chi connectivity index (χ0) is 51.6. The lowest BCUT2D eigenvalue weighted by atomic mass is 9.99. The van der Waals surface area contributed by atoms with Crippen LogP contribution >= 0.6 is 21.6 Å². The highest BCUT2D eigenvalue weighted by atomic mass is 33.1. The van der Waals surface area contributed by atoms with Crippen LogP contribution in [0.3, 0.4) is 0 Å². The molecule has 1 unspecified atom stereocenters. The third-order valence-corrected chi connectivity index (χ3v) is 18.9. The fourth-order valence-electron chi connectivity index (χ4n) is 9.98. The van der Waals surface area contributed by atoms with Gasteiger partial charge in [0.1, 0.15) is 24.7 Å². The Hall–Kier alpha value is -6.14. The summed E-state index contributed by atoms with van der Waals surface area (Å²) in [6.07, 6.45) is 6.31. The minimum Gasteiger partial charge on any atom is -0.493 e. The number of ether oxygens (including phenoxy) is 3. The van der Waals surface area contributed by atoms with E-state index in [9.17, 15) is 27.6 Å². The van der Waals surface area contributed by atoms with Gasteiger partial charge in [-0.05, 0) is 135 Å². The van der Waals surface area contributed by atoms with Gasteiger partial charge in [0.25, 0.3) is 21.9 Å². The normalized spacial score (nSPS) is 17.1. The van der Waals surface area contributed by atoms with E-state index < -0.39 is 21.3 Å². The molecule has 0 saturated carbocycles. The van der Waals surface area contributed by atoms with Crippen molar-refractivity contribution in [3.63, 3.8) is 0 Å². The number of para-hydroxylation sites is 2. The van der Waals surface area contributed by atoms with Crippen molar-refractivity contribution >= 4 is 84.2 Å². The highest BCUT2D eigenvalue weighted by molar-refractivity contribution is 8.77. The summed E-state index contributed by atoms with van der Waals surface area (Å²) in [5, 5.41) is 1.33. The Morgan fingerprint density at radius 3 is 2.19 bits per heavy atom. The standard InChI is InChI=1S/C56H60N4O10S3/c1-7-43(61)18-20-56(3,4)72-71-21-19-52(73(65,66)68-6)53(62)58-40-24-35(32-69-49-30-46-45(22-34(49)2)55(64)60-42(31-57-46)27-39-13-9-11-15-48(39)60)23-36(25-40)33-70-51-28-37-16-17-41-26-38-12-8-10-14-47(38)59(41)54(63)44(37)29-50(51)67-5/h8-15,22-25,28-31,41-42,52H,7,16-21,26-27,32-33H2,1-6H3,(H,58,62)/t41-,42+,52?/m1/s1. The van der Waals surface area contributed by atoms with E-state index in [0.29, 0.717) is 88.7 Å². The first kappa shape index (κ1) is 51.7. The molecule has 17 heteroatoms. The molecule has 3 amide bonds. The fourth-order valence-corrected chi connectivity index (χ4v) is 13.8. The summed E-state index contributed by atoms with van der Waals surface area (Å²) in [5.74, 6) is 0.863. The number of aliphatic imine (C=N–C) groups is 1. The second-order valence-corrected chi connectivity index (χ2v) is 24.5. The summed E-state index contributed by atoms with van der Waals surface area (Å²) in [5.41, 5.74) is 8.73. The number of ketones is 1. The number of methoxy groups -OCH3 is 1. The van der Waals surface area contributed by atoms with Crippen LogP contribution in [0, 0.1) is 6.92 Å². The molecule has 0 aromatic heterocycles. The average Bonchev–Trinajstić information content (AvgIpc) is 3.87. The molecule has 0 saturated heterocycles. The molecular weight excluding hydrogens is 985 g/mol. The van der Waals surface area contributed by atoms with Crippen molar-refractivity contribution in [1.82, 2.24) is 0 Å². The molecule has 1 N–H and O–H groups in total. The Kier molecular flexibility index (Phi) is 15.4. The van der Waals surface area contributed by atoms with Crippen LogP contribution in [0.2, 0.25) is 0 Å². The van der Waals surface area contributed by atoms with Crippen LogP contribution in [0.25, 0.3) is 0 Å². The topological polar surface area (TPSA) is 170 Å². The lowest BCUT2D eigenvalue weighted by Crippen LogP contribution is -2.37. The maximum Gasteiger partial charge on any atom is 0.279 e. The van der Waals surface area contributed by atoms with Gasteiger partial charge in [0.15, 0.2) is 16.7 Å². The van der Waals surface area contributed by atoms with Crippen molar-refractivity contribution in [2.75, 3.05) is 35.1 Å². The van der Waals surface area contributed by atoms with Gasteiger partial charge in [0.2, 0.25) is 5.91 Å². The van der Waals surface area contributed by atoms with E-state index in [1.54, 1.807) is 46.0 Å². The largest absolute Gasteiger partial charge is 0.493 e. The minimum absolute atomic E-state index is 0.00469. The molecule has 0 fully saturated rings. The summed E-state index contributed by atoms with van der Waals surface area (Å²) in [7, 11) is 1.26. The summed E-state index contributed by atoms with van der Waals surface area (Å²) < 4.78 is 50.1. The zero-order valence-electron chi connectivity index (χ0n) is 41.9. The van der Waals surface area contributed by atoms with Crippen LogP contribution < -0.4 is 29.3 Å². The molecule has 5 aromatic carbocycles. The van der Waals surface area contributed by atoms with Crippen LogP contribution in [0.4, 0.5) is 22.7 Å². The molecule has 0 radical (unpaired) electrons. The molecule has 382 valence electrons. The Labute approximate surface area is 435 Å². The third kappa shape index (κ3) is 11.2.